The van der Waals surface area contributed by atoms with Gasteiger partial charge >= 0.3 is 5.97 Å². The molecule has 0 aliphatic heterocycles. The highest BCUT2D eigenvalue weighted by Gasteiger charge is 2.14. The van der Waals surface area contributed by atoms with Gasteiger partial charge in [-0.1, -0.05) is 12.1 Å². The Kier molecular flexibility index (Phi) is 2.95. The van der Waals surface area contributed by atoms with E-state index in [1.807, 2.05) is 0 Å². The van der Waals surface area contributed by atoms with Gasteiger partial charge in [-0.2, -0.15) is 0 Å². The van der Waals surface area contributed by atoms with E-state index in [0.29, 0.717) is 22.6 Å². The molecule has 4 heteroatoms. The predicted octanol–water partition coefficient (Wildman–Crippen LogP) is 3.02. The molecule has 1 aromatic heterocycles. The third-order valence-electron chi connectivity index (χ3n) is 2.47. The van der Waals surface area contributed by atoms with Crippen LogP contribution in [-0.2, 0) is 11.2 Å². The van der Waals surface area contributed by atoms with Gasteiger partial charge < -0.3 is 9.52 Å². The maximum atomic E-state index is 13.5. The van der Waals surface area contributed by atoms with Crippen LogP contribution in [0.2, 0.25) is 0 Å². The van der Waals surface area contributed by atoms with Crippen molar-refractivity contribution in [1.82, 2.24) is 0 Å². The Bertz CT molecular complexity index is 558. The van der Waals surface area contributed by atoms with Crippen LogP contribution in [0.3, 0.4) is 0 Å². The minimum atomic E-state index is -0.970. The highest BCUT2D eigenvalue weighted by atomic mass is 19.1. The maximum absolute atomic E-state index is 13.5. The molecule has 17 heavy (non-hydrogen) atoms. The van der Waals surface area contributed by atoms with Gasteiger partial charge in [0.25, 0.3) is 0 Å². The number of carboxylic acids is 1. The zero-order valence-electron chi connectivity index (χ0n) is 9.24. The van der Waals surface area contributed by atoms with Crippen molar-refractivity contribution in [3.05, 3.63) is 47.5 Å². The van der Waals surface area contributed by atoms with Crippen molar-refractivity contribution in [1.29, 1.82) is 0 Å². The fraction of sp³-hybridized carbons (Fsp3) is 0.154. The zero-order chi connectivity index (χ0) is 12.4. The molecular weight excluding hydrogens is 223 g/mol. The number of aliphatic carboxylic acids is 1. The van der Waals surface area contributed by atoms with Gasteiger partial charge in [-0.05, 0) is 30.7 Å². The number of hydrogen-bond donors (Lipinski definition) is 1. The summed E-state index contributed by atoms with van der Waals surface area (Å²) in [4.78, 5) is 10.6. The molecule has 2 rings (SSSR count). The summed E-state index contributed by atoms with van der Waals surface area (Å²) >= 11 is 0. The second-order valence-corrected chi connectivity index (χ2v) is 3.77. The average Bonchev–Trinajstić information content (AvgIpc) is 2.60. The van der Waals surface area contributed by atoms with E-state index in [4.69, 9.17) is 9.52 Å². The first-order valence-corrected chi connectivity index (χ1v) is 5.14. The Morgan fingerprint density at radius 1 is 1.41 bits per heavy atom. The third-order valence-corrected chi connectivity index (χ3v) is 2.47. The number of carboxylic acid groups (broad SMARTS) is 1. The van der Waals surface area contributed by atoms with Crippen LogP contribution in [0.15, 0.2) is 34.7 Å². The molecule has 88 valence electrons. The average molecular weight is 234 g/mol. The number of benzene rings is 1. The highest BCUT2D eigenvalue weighted by Crippen LogP contribution is 2.27. The summed E-state index contributed by atoms with van der Waals surface area (Å²) in [6.07, 6.45) is -0.194. The highest BCUT2D eigenvalue weighted by molar-refractivity contribution is 5.70. The van der Waals surface area contributed by atoms with Crippen LogP contribution in [0.1, 0.15) is 11.3 Å². The van der Waals surface area contributed by atoms with Crippen LogP contribution < -0.4 is 0 Å². The van der Waals surface area contributed by atoms with Gasteiger partial charge in [0.2, 0.25) is 0 Å². The third kappa shape index (κ3) is 2.36. The molecule has 0 aliphatic carbocycles. The lowest BCUT2D eigenvalue weighted by atomic mass is 10.1. The van der Waals surface area contributed by atoms with Gasteiger partial charge in [-0.3, -0.25) is 4.79 Å². The Morgan fingerprint density at radius 3 is 2.76 bits per heavy atom. The van der Waals surface area contributed by atoms with Crippen molar-refractivity contribution in [2.24, 2.45) is 0 Å². The SMILES string of the molecule is Cc1cc(-c2ccccc2F)oc1CC(=O)O. The smallest absolute Gasteiger partial charge is 0.311 e. The number of furan rings is 1. The van der Waals surface area contributed by atoms with Crippen molar-refractivity contribution in [3.63, 3.8) is 0 Å². The quantitative estimate of drug-likeness (QED) is 0.888. The van der Waals surface area contributed by atoms with Gasteiger partial charge in [0.15, 0.2) is 0 Å². The van der Waals surface area contributed by atoms with Gasteiger partial charge in [-0.25, -0.2) is 4.39 Å². The molecule has 1 aromatic carbocycles. The Hall–Kier alpha value is -2.10. The minimum absolute atomic E-state index is 0.194. The van der Waals surface area contributed by atoms with Gasteiger partial charge in [0.1, 0.15) is 23.8 Å². The van der Waals surface area contributed by atoms with E-state index in [0.717, 1.165) is 0 Å². The summed E-state index contributed by atoms with van der Waals surface area (Å²) in [7, 11) is 0. The van der Waals surface area contributed by atoms with E-state index in [9.17, 15) is 9.18 Å². The number of hydrogen-bond acceptors (Lipinski definition) is 2. The summed E-state index contributed by atoms with van der Waals surface area (Å²) in [5.74, 6) is -0.640. The maximum Gasteiger partial charge on any atom is 0.311 e. The van der Waals surface area contributed by atoms with Crippen molar-refractivity contribution in [2.45, 2.75) is 13.3 Å². The summed E-state index contributed by atoms with van der Waals surface area (Å²) < 4.78 is 18.9. The fourth-order valence-electron chi connectivity index (χ4n) is 1.63. The lowest BCUT2D eigenvalue weighted by molar-refractivity contribution is -0.136. The second-order valence-electron chi connectivity index (χ2n) is 3.77. The first kappa shape index (κ1) is 11.4. The summed E-state index contributed by atoms with van der Waals surface area (Å²) in [5.41, 5.74) is 1.05. The van der Waals surface area contributed by atoms with Crippen molar-refractivity contribution in [2.75, 3.05) is 0 Å². The molecule has 0 aliphatic rings. The number of rotatable bonds is 3. The molecule has 1 N–H and O–H groups in total. The molecule has 0 radical (unpaired) electrons. The van der Waals surface area contributed by atoms with Crippen molar-refractivity contribution in [3.8, 4) is 11.3 Å². The summed E-state index contributed by atoms with van der Waals surface area (Å²) in [5, 5.41) is 8.69. The van der Waals surface area contributed by atoms with E-state index >= 15 is 0 Å². The molecule has 2 aromatic rings. The monoisotopic (exact) mass is 234 g/mol. The van der Waals surface area contributed by atoms with Gasteiger partial charge in [0, 0.05) is 0 Å². The number of halogens is 1. The summed E-state index contributed by atoms with van der Waals surface area (Å²) in [6, 6.07) is 7.87. The van der Waals surface area contributed by atoms with Crippen LogP contribution in [0, 0.1) is 12.7 Å². The lowest BCUT2D eigenvalue weighted by Crippen LogP contribution is -1.99. The van der Waals surface area contributed by atoms with Crippen LogP contribution in [0.4, 0.5) is 4.39 Å². The molecule has 1 heterocycles. The molecule has 0 unspecified atom stereocenters. The van der Waals surface area contributed by atoms with E-state index < -0.39 is 5.97 Å². The number of carbonyl (C=O) groups is 1. The Balaban J connectivity index is 2.41. The van der Waals surface area contributed by atoms with Crippen LogP contribution in [-0.4, -0.2) is 11.1 Å². The van der Waals surface area contributed by atoms with E-state index in [-0.39, 0.29) is 12.2 Å². The first-order valence-electron chi connectivity index (χ1n) is 5.14. The Morgan fingerprint density at radius 2 is 2.12 bits per heavy atom. The van der Waals surface area contributed by atoms with Crippen molar-refractivity contribution < 1.29 is 18.7 Å². The largest absolute Gasteiger partial charge is 0.481 e. The molecule has 3 nitrogen and oxygen atoms in total. The zero-order valence-corrected chi connectivity index (χ0v) is 9.24. The minimum Gasteiger partial charge on any atom is -0.481 e. The summed E-state index contributed by atoms with van der Waals surface area (Å²) in [6.45, 7) is 1.74. The van der Waals surface area contributed by atoms with Crippen LogP contribution in [0.25, 0.3) is 11.3 Å². The second kappa shape index (κ2) is 4.41. The molecule has 0 bridgehead atoms. The van der Waals surface area contributed by atoms with E-state index in [1.165, 1.54) is 6.07 Å². The standard InChI is InChI=1S/C13H11FO3/c1-8-6-12(17-11(8)7-13(15)16)9-4-2-3-5-10(9)14/h2-6H,7H2,1H3,(H,15,16). The number of aryl methyl sites for hydroxylation is 1. The molecule has 0 atom stereocenters. The molecule has 0 spiro atoms. The molecular formula is C13H11FO3. The molecule has 0 saturated heterocycles. The topological polar surface area (TPSA) is 50.4 Å². The van der Waals surface area contributed by atoms with Crippen LogP contribution in [0.5, 0.6) is 0 Å². The van der Waals surface area contributed by atoms with E-state index in [2.05, 4.69) is 0 Å². The van der Waals surface area contributed by atoms with Gasteiger partial charge in [0.05, 0.1) is 5.56 Å². The predicted molar refractivity (Wildman–Crippen MR) is 60.2 cm³/mol. The fourth-order valence-corrected chi connectivity index (χ4v) is 1.63. The van der Waals surface area contributed by atoms with E-state index in [1.54, 1.807) is 31.2 Å². The molecule has 0 fully saturated rings. The Labute approximate surface area is 97.5 Å². The normalized spacial score (nSPS) is 10.5. The van der Waals surface area contributed by atoms with Crippen molar-refractivity contribution >= 4 is 5.97 Å². The lowest BCUT2D eigenvalue weighted by Gasteiger charge is -1.98. The van der Waals surface area contributed by atoms with Gasteiger partial charge in [-0.15, -0.1) is 0 Å². The van der Waals surface area contributed by atoms with Crippen LogP contribution >= 0.6 is 0 Å². The molecule has 0 saturated carbocycles. The molecule has 0 amide bonds. The first-order chi connectivity index (χ1) is 8.08.